The summed E-state index contributed by atoms with van der Waals surface area (Å²) in [6, 6.07) is 15.0. The molecule has 0 aromatic heterocycles. The Morgan fingerprint density at radius 3 is 1.38 bits per heavy atom. The highest BCUT2D eigenvalue weighted by Gasteiger charge is 2.38. The maximum atomic E-state index is 13.8. The van der Waals surface area contributed by atoms with Crippen molar-refractivity contribution in [3.8, 4) is 0 Å². The summed E-state index contributed by atoms with van der Waals surface area (Å²) in [5, 5.41) is 6.80. The Balaban J connectivity index is 1.44. The van der Waals surface area contributed by atoms with Crippen LogP contribution in [0.3, 0.4) is 0 Å². The van der Waals surface area contributed by atoms with Crippen LogP contribution in [0.1, 0.15) is 101 Å². The molecule has 0 saturated heterocycles. The Kier molecular flexibility index (Phi) is 6.08. The van der Waals surface area contributed by atoms with Crippen LogP contribution in [-0.4, -0.2) is 46.0 Å². The maximum absolute atomic E-state index is 13.8. The minimum absolute atomic E-state index is 0.210. The molecule has 0 bridgehead atoms. The number of carbonyl (C=O) groups is 4. The van der Waals surface area contributed by atoms with Gasteiger partial charge in [-0.2, -0.15) is 0 Å². The van der Waals surface area contributed by atoms with Gasteiger partial charge in [0.15, 0.2) is 0 Å². The zero-order valence-corrected chi connectivity index (χ0v) is 24.5. The average Bonchev–Trinajstić information content (AvgIpc) is 2.97. The molecule has 4 amide bonds. The van der Waals surface area contributed by atoms with Gasteiger partial charge in [-0.05, 0) is 82.3 Å². The van der Waals surface area contributed by atoms with Crippen molar-refractivity contribution in [3.05, 3.63) is 70.8 Å². The molecule has 7 rings (SSSR count). The lowest BCUT2D eigenvalue weighted by Crippen LogP contribution is -2.46. The molecule has 1 unspecified atom stereocenters. The van der Waals surface area contributed by atoms with Crippen molar-refractivity contribution >= 4 is 66.7 Å². The van der Waals surface area contributed by atoms with Crippen molar-refractivity contribution in [2.75, 3.05) is 6.54 Å². The molecule has 6 heteroatoms. The minimum atomic E-state index is -0.254. The normalized spacial score (nSPS) is 15.9. The molecule has 0 aliphatic carbocycles. The van der Waals surface area contributed by atoms with Crippen molar-refractivity contribution in [1.82, 2.24) is 9.80 Å². The summed E-state index contributed by atoms with van der Waals surface area (Å²) in [5.41, 5.74) is 2.18. The van der Waals surface area contributed by atoms with Crippen molar-refractivity contribution in [2.45, 2.75) is 65.8 Å². The maximum Gasteiger partial charge on any atom is 0.261 e. The molecular weight excluding hydrogens is 524 g/mol. The largest absolute Gasteiger partial charge is 0.274 e. The van der Waals surface area contributed by atoms with E-state index in [1.807, 2.05) is 55.5 Å². The van der Waals surface area contributed by atoms with E-state index in [0.717, 1.165) is 64.4 Å². The first kappa shape index (κ1) is 26.6. The molecule has 0 radical (unpaired) electrons. The fourth-order valence-corrected chi connectivity index (χ4v) is 7.42. The number of carbonyl (C=O) groups excluding carboxylic acids is 4. The molecule has 0 saturated carbocycles. The van der Waals surface area contributed by atoms with E-state index in [4.69, 9.17) is 0 Å². The minimum Gasteiger partial charge on any atom is -0.274 e. The number of benzene rings is 5. The van der Waals surface area contributed by atoms with Gasteiger partial charge in [0.2, 0.25) is 0 Å². The van der Waals surface area contributed by atoms with E-state index in [1.54, 1.807) is 0 Å². The van der Waals surface area contributed by atoms with E-state index >= 15 is 0 Å². The molecule has 0 spiro atoms. The smallest absolute Gasteiger partial charge is 0.261 e. The molecule has 212 valence electrons. The third kappa shape index (κ3) is 3.57. The first-order valence-electron chi connectivity index (χ1n) is 15.2. The van der Waals surface area contributed by atoms with E-state index in [9.17, 15) is 19.2 Å². The fourth-order valence-electron chi connectivity index (χ4n) is 7.42. The molecular formula is C36H34N2O4. The number of rotatable bonds is 8. The van der Waals surface area contributed by atoms with Crippen LogP contribution in [0.15, 0.2) is 48.5 Å². The standard InChI is InChI=1S/C36H34N2O4/c1-5-6-7-8-17-37-33(39)25-13-9-21-23-11-15-27-32-28(36(42)38(35(27)41)20(4)18-19(2)3)16-12-24(30(23)32)22-10-14-26(34(37)40)31(25)29(21)22/h9-16,19-20H,5-8,17-18H2,1-4H3. The first-order chi connectivity index (χ1) is 20.2. The van der Waals surface area contributed by atoms with Gasteiger partial charge in [-0.1, -0.05) is 64.3 Å². The van der Waals surface area contributed by atoms with Crippen LogP contribution in [-0.2, 0) is 0 Å². The Hall–Kier alpha value is -4.32. The number of nitrogens with zero attached hydrogens (tertiary/aromatic N) is 2. The quantitative estimate of drug-likeness (QED) is 0.0838. The summed E-state index contributed by atoms with van der Waals surface area (Å²) < 4.78 is 0. The number of hydrogen-bond acceptors (Lipinski definition) is 4. The van der Waals surface area contributed by atoms with Crippen molar-refractivity contribution < 1.29 is 19.2 Å². The Morgan fingerprint density at radius 1 is 0.548 bits per heavy atom. The van der Waals surface area contributed by atoms with Crippen molar-refractivity contribution in [1.29, 1.82) is 0 Å². The lowest BCUT2D eigenvalue weighted by molar-refractivity contribution is 0.0532. The Bertz CT molecular complexity index is 1870. The molecule has 2 aliphatic heterocycles. The van der Waals surface area contributed by atoms with E-state index in [0.29, 0.717) is 45.5 Å². The lowest BCUT2D eigenvalue weighted by Gasteiger charge is -2.33. The zero-order chi connectivity index (χ0) is 29.4. The average molecular weight is 559 g/mol. The van der Waals surface area contributed by atoms with Crippen molar-refractivity contribution in [3.63, 3.8) is 0 Å². The molecule has 5 aromatic carbocycles. The fraction of sp³-hybridized carbons (Fsp3) is 0.333. The molecule has 1 atom stereocenters. The van der Waals surface area contributed by atoms with Crippen LogP contribution in [0.25, 0.3) is 43.1 Å². The SMILES string of the molecule is CCCCCCN1C(=O)c2ccc3c4ccc5c6c(ccc(c7ccc(c2c37)C1=O)c64)C(=O)N(C(C)CC(C)C)C5=O. The van der Waals surface area contributed by atoms with Crippen LogP contribution >= 0.6 is 0 Å². The van der Waals surface area contributed by atoms with Gasteiger partial charge in [-0.25, -0.2) is 0 Å². The predicted octanol–water partition coefficient (Wildman–Crippen LogP) is 7.94. The first-order valence-corrected chi connectivity index (χ1v) is 15.2. The molecule has 0 fully saturated rings. The van der Waals surface area contributed by atoms with Crippen LogP contribution in [0.5, 0.6) is 0 Å². The number of unbranched alkanes of at least 4 members (excludes halogenated alkanes) is 3. The number of fused-ring (bicyclic) bond motifs is 2. The number of amides is 4. The Morgan fingerprint density at radius 2 is 0.976 bits per heavy atom. The van der Waals surface area contributed by atoms with Gasteiger partial charge in [-0.15, -0.1) is 0 Å². The highest BCUT2D eigenvalue weighted by Crippen LogP contribution is 2.46. The Labute approximate surface area is 244 Å². The van der Waals surface area contributed by atoms with E-state index in [-0.39, 0.29) is 29.7 Å². The molecule has 2 aliphatic rings. The highest BCUT2D eigenvalue weighted by atomic mass is 16.2. The van der Waals surface area contributed by atoms with Crippen LogP contribution in [0.2, 0.25) is 0 Å². The second-order valence-electron chi connectivity index (χ2n) is 12.4. The summed E-state index contributed by atoms with van der Waals surface area (Å²) in [7, 11) is 0. The monoisotopic (exact) mass is 558 g/mol. The van der Waals surface area contributed by atoms with E-state index in [1.165, 1.54) is 9.80 Å². The van der Waals surface area contributed by atoms with Gasteiger partial charge in [0.1, 0.15) is 0 Å². The summed E-state index contributed by atoms with van der Waals surface area (Å²) in [6.45, 7) is 8.68. The topological polar surface area (TPSA) is 74.8 Å². The van der Waals surface area contributed by atoms with Crippen LogP contribution in [0, 0.1) is 5.92 Å². The summed E-state index contributed by atoms with van der Waals surface area (Å²) in [5.74, 6) is -0.639. The zero-order valence-electron chi connectivity index (χ0n) is 24.5. The lowest BCUT2D eigenvalue weighted by atomic mass is 9.82. The molecule has 5 aromatic rings. The second kappa shape index (κ2) is 9.62. The third-order valence-corrected chi connectivity index (χ3v) is 9.24. The van der Waals surface area contributed by atoms with Gasteiger partial charge in [0.05, 0.1) is 0 Å². The van der Waals surface area contributed by atoms with Gasteiger partial charge in [-0.3, -0.25) is 29.0 Å². The molecule has 2 heterocycles. The summed E-state index contributed by atoms with van der Waals surface area (Å²) >= 11 is 0. The second-order valence-corrected chi connectivity index (χ2v) is 12.4. The number of imide groups is 2. The van der Waals surface area contributed by atoms with Crippen molar-refractivity contribution in [2.24, 2.45) is 5.92 Å². The van der Waals surface area contributed by atoms with Gasteiger partial charge < -0.3 is 0 Å². The van der Waals surface area contributed by atoms with E-state index < -0.39 is 0 Å². The van der Waals surface area contributed by atoms with Crippen LogP contribution < -0.4 is 0 Å². The summed E-state index contributed by atoms with van der Waals surface area (Å²) in [6.07, 6.45) is 4.68. The molecule has 0 N–H and O–H groups in total. The highest BCUT2D eigenvalue weighted by molar-refractivity contribution is 6.41. The van der Waals surface area contributed by atoms with E-state index in [2.05, 4.69) is 20.8 Å². The van der Waals surface area contributed by atoms with Gasteiger partial charge >= 0.3 is 0 Å². The number of hydrogen-bond donors (Lipinski definition) is 0. The predicted molar refractivity (Wildman–Crippen MR) is 167 cm³/mol. The van der Waals surface area contributed by atoms with Crippen LogP contribution in [0.4, 0.5) is 0 Å². The third-order valence-electron chi connectivity index (χ3n) is 9.24. The molecule has 42 heavy (non-hydrogen) atoms. The van der Waals surface area contributed by atoms with Gasteiger partial charge in [0, 0.05) is 45.6 Å². The van der Waals surface area contributed by atoms with Gasteiger partial charge in [0.25, 0.3) is 23.6 Å². The molecule has 6 nitrogen and oxygen atoms in total. The summed E-state index contributed by atoms with van der Waals surface area (Å²) in [4.78, 5) is 57.6.